The van der Waals surface area contributed by atoms with Gasteiger partial charge >= 0.3 is 6.18 Å². The van der Waals surface area contributed by atoms with E-state index in [1.807, 2.05) is 4.90 Å². The molecule has 0 spiro atoms. The molecule has 0 radical (unpaired) electrons. The lowest BCUT2D eigenvalue weighted by molar-refractivity contribution is -0.141. The summed E-state index contributed by atoms with van der Waals surface area (Å²) in [5.41, 5.74) is 0. The van der Waals surface area contributed by atoms with Gasteiger partial charge in [0.25, 0.3) is 0 Å². The van der Waals surface area contributed by atoms with Crippen molar-refractivity contribution in [1.82, 2.24) is 14.5 Å². The molecule has 1 aliphatic carbocycles. The van der Waals surface area contributed by atoms with Gasteiger partial charge in [-0.25, -0.2) is 13.4 Å². The molecule has 1 aromatic heterocycles. The fourth-order valence-corrected chi connectivity index (χ4v) is 4.73. The lowest BCUT2D eigenvalue weighted by Gasteiger charge is -2.28. The summed E-state index contributed by atoms with van der Waals surface area (Å²) in [4.78, 5) is 6.06. The third-order valence-corrected chi connectivity index (χ3v) is 5.92. The fourth-order valence-electron chi connectivity index (χ4n) is 2.99. The average molecular weight is 337 g/mol. The van der Waals surface area contributed by atoms with Crippen LogP contribution >= 0.6 is 0 Å². The van der Waals surface area contributed by atoms with E-state index >= 15 is 0 Å². The van der Waals surface area contributed by atoms with Gasteiger partial charge in [-0.1, -0.05) is 0 Å². The van der Waals surface area contributed by atoms with Crippen LogP contribution in [0.5, 0.6) is 0 Å². The number of sulfone groups is 1. The van der Waals surface area contributed by atoms with Crippen LogP contribution in [-0.4, -0.2) is 52.6 Å². The predicted octanol–water partition coefficient (Wildman–Crippen LogP) is 1.60. The van der Waals surface area contributed by atoms with Gasteiger partial charge < -0.3 is 4.57 Å². The van der Waals surface area contributed by atoms with Gasteiger partial charge in [-0.2, -0.15) is 13.2 Å². The summed E-state index contributed by atoms with van der Waals surface area (Å²) in [5, 5.41) is 0. The molecule has 2 aliphatic rings. The van der Waals surface area contributed by atoms with Crippen LogP contribution in [0.4, 0.5) is 13.2 Å². The topological polar surface area (TPSA) is 55.2 Å². The van der Waals surface area contributed by atoms with Crippen molar-refractivity contribution in [3.8, 4) is 0 Å². The number of alkyl halides is 3. The van der Waals surface area contributed by atoms with Gasteiger partial charge in [0.05, 0.1) is 18.1 Å². The van der Waals surface area contributed by atoms with Crippen LogP contribution < -0.4 is 0 Å². The Hall–Kier alpha value is -1.09. The first-order chi connectivity index (χ1) is 10.2. The Balaban J connectivity index is 1.74. The van der Waals surface area contributed by atoms with Gasteiger partial charge in [-0.05, 0) is 19.3 Å². The highest BCUT2D eigenvalue weighted by Crippen LogP contribution is 2.33. The minimum atomic E-state index is -4.30. The molecule has 0 N–H and O–H groups in total. The maximum Gasteiger partial charge on any atom is 0.406 e. The first kappa shape index (κ1) is 15.8. The van der Waals surface area contributed by atoms with Gasteiger partial charge in [-0.3, -0.25) is 4.90 Å². The number of hydrogen-bond donors (Lipinski definition) is 0. The van der Waals surface area contributed by atoms with Gasteiger partial charge in [-0.15, -0.1) is 0 Å². The van der Waals surface area contributed by atoms with Crippen LogP contribution in [0.2, 0.25) is 0 Å². The number of halogens is 3. The third-order valence-electron chi connectivity index (χ3n) is 4.17. The molecular weight excluding hydrogens is 319 g/mol. The van der Waals surface area contributed by atoms with Crippen molar-refractivity contribution in [2.45, 2.75) is 50.6 Å². The minimum Gasteiger partial charge on any atom is -0.325 e. The number of aromatic nitrogens is 2. The number of hydrogen-bond acceptors (Lipinski definition) is 4. The lowest BCUT2D eigenvalue weighted by Crippen LogP contribution is -2.38. The summed E-state index contributed by atoms with van der Waals surface area (Å²) in [7, 11) is -3.01. The van der Waals surface area contributed by atoms with Crippen molar-refractivity contribution in [3.05, 3.63) is 18.2 Å². The monoisotopic (exact) mass is 337 g/mol. The van der Waals surface area contributed by atoms with E-state index in [4.69, 9.17) is 0 Å². The van der Waals surface area contributed by atoms with Gasteiger partial charge in [0, 0.05) is 24.5 Å². The Labute approximate surface area is 127 Å². The van der Waals surface area contributed by atoms with Gasteiger partial charge in [0.1, 0.15) is 12.4 Å². The molecule has 0 amide bonds. The van der Waals surface area contributed by atoms with Crippen molar-refractivity contribution in [2.75, 3.05) is 11.5 Å². The highest BCUT2D eigenvalue weighted by Gasteiger charge is 2.40. The van der Waals surface area contributed by atoms with Gasteiger partial charge in [0.15, 0.2) is 9.84 Å². The second kappa shape index (κ2) is 5.52. The molecule has 124 valence electrons. The summed E-state index contributed by atoms with van der Waals surface area (Å²) in [6, 6.07) is 0.169. The molecule has 0 bridgehead atoms. The van der Waals surface area contributed by atoms with E-state index < -0.39 is 22.6 Å². The molecular formula is C13H18F3N3O2S. The third kappa shape index (κ3) is 3.81. The summed E-state index contributed by atoms with van der Waals surface area (Å²) in [5.74, 6) is 0.606. The zero-order valence-electron chi connectivity index (χ0n) is 12.0. The van der Waals surface area contributed by atoms with E-state index in [9.17, 15) is 21.6 Å². The van der Waals surface area contributed by atoms with Crippen LogP contribution in [0.3, 0.4) is 0 Å². The zero-order valence-corrected chi connectivity index (χ0v) is 12.8. The molecule has 0 aromatic carbocycles. The Kier molecular flexibility index (Phi) is 3.96. The van der Waals surface area contributed by atoms with Crippen molar-refractivity contribution in [2.24, 2.45) is 0 Å². The van der Waals surface area contributed by atoms with Crippen molar-refractivity contribution < 1.29 is 21.6 Å². The average Bonchev–Trinajstić information content (AvgIpc) is 3.04. The van der Waals surface area contributed by atoms with Crippen LogP contribution in [-0.2, 0) is 22.9 Å². The van der Waals surface area contributed by atoms with Gasteiger partial charge in [0.2, 0.25) is 0 Å². The molecule has 1 atom stereocenters. The Morgan fingerprint density at radius 3 is 2.55 bits per heavy atom. The van der Waals surface area contributed by atoms with Crippen LogP contribution in [0, 0.1) is 0 Å². The fraction of sp³-hybridized carbons (Fsp3) is 0.769. The minimum absolute atomic E-state index is 0.101. The van der Waals surface area contributed by atoms with E-state index in [2.05, 4.69) is 4.98 Å². The highest BCUT2D eigenvalue weighted by atomic mass is 32.2. The Bertz CT molecular complexity index is 637. The van der Waals surface area contributed by atoms with Crippen LogP contribution in [0.15, 0.2) is 12.4 Å². The summed E-state index contributed by atoms with van der Waals surface area (Å²) in [6.45, 7) is -0.794. The summed E-state index contributed by atoms with van der Waals surface area (Å²) in [6.07, 6.45) is 0.874. The van der Waals surface area contributed by atoms with Crippen LogP contribution in [0.25, 0.3) is 0 Å². The van der Waals surface area contributed by atoms with E-state index in [0.29, 0.717) is 12.2 Å². The number of imidazole rings is 1. The molecule has 2 heterocycles. The van der Waals surface area contributed by atoms with Crippen molar-refractivity contribution in [1.29, 1.82) is 0 Å². The molecule has 1 saturated heterocycles. The largest absolute Gasteiger partial charge is 0.406 e. The molecule has 2 fully saturated rings. The predicted molar refractivity (Wildman–Crippen MR) is 73.9 cm³/mol. The molecule has 1 unspecified atom stereocenters. The first-order valence-corrected chi connectivity index (χ1v) is 9.08. The number of rotatable bonds is 5. The SMILES string of the molecule is O=S1(=O)CCC(N(Cc2nccn2CC(F)(F)F)C2CC2)C1. The molecule has 9 heteroatoms. The molecule has 5 nitrogen and oxygen atoms in total. The Morgan fingerprint density at radius 1 is 1.27 bits per heavy atom. The van der Waals surface area contributed by atoms with Crippen molar-refractivity contribution >= 4 is 9.84 Å². The molecule has 22 heavy (non-hydrogen) atoms. The maximum atomic E-state index is 12.6. The Morgan fingerprint density at radius 2 is 2.00 bits per heavy atom. The second-order valence-corrected chi connectivity index (χ2v) is 8.28. The molecule has 1 aromatic rings. The van der Waals surface area contributed by atoms with E-state index in [0.717, 1.165) is 17.4 Å². The molecule has 1 aliphatic heterocycles. The zero-order chi connectivity index (χ0) is 16.0. The standard InChI is InChI=1S/C13H18F3N3O2S/c14-13(15,16)9-18-5-4-17-12(18)7-19(10-1-2-10)11-3-6-22(20,21)8-11/h4-5,10-11H,1-3,6-9H2. The molecule has 1 saturated carbocycles. The quantitative estimate of drug-likeness (QED) is 0.819. The maximum absolute atomic E-state index is 12.6. The summed E-state index contributed by atoms with van der Waals surface area (Å²) >= 11 is 0. The normalized spacial score (nSPS) is 25.0. The second-order valence-electron chi connectivity index (χ2n) is 6.05. The smallest absolute Gasteiger partial charge is 0.325 e. The van der Waals surface area contributed by atoms with E-state index in [1.54, 1.807) is 0 Å². The number of nitrogens with zero attached hydrogens (tertiary/aromatic N) is 3. The molecule has 3 rings (SSSR count). The highest BCUT2D eigenvalue weighted by molar-refractivity contribution is 7.91. The van der Waals surface area contributed by atoms with E-state index in [1.165, 1.54) is 12.4 Å². The lowest BCUT2D eigenvalue weighted by atomic mass is 10.2. The summed E-state index contributed by atoms with van der Waals surface area (Å²) < 4.78 is 62.1. The first-order valence-electron chi connectivity index (χ1n) is 7.26. The van der Waals surface area contributed by atoms with E-state index in [-0.39, 0.29) is 30.1 Å². The van der Waals surface area contributed by atoms with Crippen LogP contribution in [0.1, 0.15) is 25.1 Å². The van der Waals surface area contributed by atoms with Crippen molar-refractivity contribution in [3.63, 3.8) is 0 Å².